The number of H-pyrrole nitrogens is 1. The first-order chi connectivity index (χ1) is 10.2. The van der Waals surface area contributed by atoms with E-state index in [0.717, 1.165) is 5.69 Å². The van der Waals surface area contributed by atoms with E-state index in [1.54, 1.807) is 22.9 Å². The minimum absolute atomic E-state index is 0.297. The van der Waals surface area contributed by atoms with Gasteiger partial charge in [0.2, 0.25) is 0 Å². The summed E-state index contributed by atoms with van der Waals surface area (Å²) < 4.78 is 6.55. The molecule has 2 aromatic heterocycles. The summed E-state index contributed by atoms with van der Waals surface area (Å²) in [5, 5.41) is 2.70. The lowest BCUT2D eigenvalue weighted by Crippen LogP contribution is -2.43. The van der Waals surface area contributed by atoms with Crippen LogP contribution < -0.4 is 5.32 Å². The van der Waals surface area contributed by atoms with Crippen molar-refractivity contribution < 1.29 is 14.3 Å². The van der Waals surface area contributed by atoms with Gasteiger partial charge in [-0.15, -0.1) is 0 Å². The molecule has 2 rings (SSSR count). The van der Waals surface area contributed by atoms with E-state index in [-0.39, 0.29) is 5.91 Å². The standard InChI is InChI=1S/C14H18N4O3/c1-3-18-6-4-5-12(18)13(19)17-11(14(20)21-2)7-10-8-15-9-16-10/h4-6,8-9,11H,3,7H2,1-2H3,(H,15,16)(H,17,19)/t11-/m0/s1. The van der Waals surface area contributed by atoms with Gasteiger partial charge >= 0.3 is 5.97 Å². The molecule has 2 N–H and O–H groups in total. The van der Waals surface area contributed by atoms with Gasteiger partial charge < -0.3 is 19.6 Å². The second-order valence-electron chi connectivity index (χ2n) is 4.51. The lowest BCUT2D eigenvalue weighted by atomic mass is 10.1. The molecular formula is C14H18N4O3. The number of rotatable bonds is 6. The number of hydrogen-bond acceptors (Lipinski definition) is 4. The third kappa shape index (κ3) is 3.50. The topological polar surface area (TPSA) is 89.0 Å². The number of carbonyl (C=O) groups is 2. The number of nitrogens with zero attached hydrogens (tertiary/aromatic N) is 2. The van der Waals surface area contributed by atoms with E-state index in [1.807, 2.05) is 13.1 Å². The van der Waals surface area contributed by atoms with E-state index >= 15 is 0 Å². The lowest BCUT2D eigenvalue weighted by Gasteiger charge is -2.16. The summed E-state index contributed by atoms with van der Waals surface area (Å²) in [6.07, 6.45) is 5.24. The number of aryl methyl sites for hydroxylation is 1. The van der Waals surface area contributed by atoms with Crippen LogP contribution in [-0.2, 0) is 22.5 Å². The molecule has 112 valence electrons. The summed E-state index contributed by atoms with van der Waals surface area (Å²) in [6.45, 7) is 2.62. The monoisotopic (exact) mass is 290 g/mol. The van der Waals surface area contributed by atoms with Gasteiger partial charge in [0.25, 0.3) is 5.91 Å². The highest BCUT2D eigenvalue weighted by molar-refractivity contribution is 5.95. The van der Waals surface area contributed by atoms with Crippen LogP contribution in [0.5, 0.6) is 0 Å². The van der Waals surface area contributed by atoms with Crippen molar-refractivity contribution in [3.63, 3.8) is 0 Å². The largest absolute Gasteiger partial charge is 0.467 e. The lowest BCUT2D eigenvalue weighted by molar-refractivity contribution is -0.142. The molecule has 7 heteroatoms. The van der Waals surface area contributed by atoms with Gasteiger partial charge in [-0.05, 0) is 19.1 Å². The first-order valence-corrected chi connectivity index (χ1v) is 6.66. The molecule has 0 radical (unpaired) electrons. The number of imidazole rings is 1. The number of esters is 1. The molecule has 0 aromatic carbocycles. The molecule has 21 heavy (non-hydrogen) atoms. The highest BCUT2D eigenvalue weighted by Gasteiger charge is 2.24. The van der Waals surface area contributed by atoms with Gasteiger partial charge in [0, 0.05) is 31.1 Å². The quantitative estimate of drug-likeness (QED) is 0.768. The number of ether oxygens (including phenoxy) is 1. The minimum Gasteiger partial charge on any atom is -0.467 e. The number of nitrogens with one attached hydrogen (secondary N) is 2. The van der Waals surface area contributed by atoms with Gasteiger partial charge in [-0.25, -0.2) is 9.78 Å². The zero-order valence-electron chi connectivity index (χ0n) is 12.0. The van der Waals surface area contributed by atoms with Crippen molar-refractivity contribution in [3.05, 3.63) is 42.2 Å². The Labute approximate surface area is 122 Å². The normalized spacial score (nSPS) is 11.9. The molecule has 0 aliphatic carbocycles. The van der Waals surface area contributed by atoms with E-state index in [1.165, 1.54) is 13.4 Å². The molecular weight excluding hydrogens is 272 g/mol. The Morgan fingerprint density at radius 3 is 2.95 bits per heavy atom. The van der Waals surface area contributed by atoms with E-state index in [0.29, 0.717) is 18.7 Å². The molecule has 0 saturated carbocycles. The Bertz CT molecular complexity index is 604. The fraction of sp³-hybridized carbons (Fsp3) is 0.357. The number of methoxy groups -OCH3 is 1. The Kier molecular flexibility index (Phi) is 4.76. The molecule has 0 aliphatic rings. The van der Waals surface area contributed by atoms with Gasteiger partial charge in [-0.2, -0.15) is 0 Å². The fourth-order valence-electron chi connectivity index (χ4n) is 2.08. The van der Waals surface area contributed by atoms with Crippen LogP contribution in [0.4, 0.5) is 0 Å². The minimum atomic E-state index is -0.761. The summed E-state index contributed by atoms with van der Waals surface area (Å²) in [4.78, 5) is 30.9. The van der Waals surface area contributed by atoms with Crippen molar-refractivity contribution in [3.8, 4) is 0 Å². The van der Waals surface area contributed by atoms with Crippen LogP contribution in [-0.4, -0.2) is 39.6 Å². The van der Waals surface area contributed by atoms with Gasteiger partial charge in [-0.1, -0.05) is 0 Å². The van der Waals surface area contributed by atoms with Crippen LogP contribution in [0.2, 0.25) is 0 Å². The molecule has 7 nitrogen and oxygen atoms in total. The first-order valence-electron chi connectivity index (χ1n) is 6.66. The predicted octanol–water partition coefficient (Wildman–Crippen LogP) is 0.745. The summed E-state index contributed by atoms with van der Waals surface area (Å²) in [5.41, 5.74) is 1.26. The molecule has 0 aliphatic heterocycles. The van der Waals surface area contributed by atoms with Crippen LogP contribution in [0.1, 0.15) is 23.1 Å². The van der Waals surface area contributed by atoms with Gasteiger partial charge in [0.15, 0.2) is 0 Å². The molecule has 0 unspecified atom stereocenters. The number of aromatic amines is 1. The predicted molar refractivity (Wildman–Crippen MR) is 75.7 cm³/mol. The second kappa shape index (κ2) is 6.74. The van der Waals surface area contributed by atoms with E-state index < -0.39 is 12.0 Å². The van der Waals surface area contributed by atoms with Crippen molar-refractivity contribution >= 4 is 11.9 Å². The molecule has 0 fully saturated rings. The summed E-state index contributed by atoms with van der Waals surface area (Å²) in [5.74, 6) is -0.802. The molecule has 1 atom stereocenters. The van der Waals surface area contributed by atoms with Crippen LogP contribution in [0.25, 0.3) is 0 Å². The molecule has 1 amide bonds. The Morgan fingerprint density at radius 2 is 2.33 bits per heavy atom. The number of hydrogen-bond donors (Lipinski definition) is 2. The third-order valence-corrected chi connectivity index (χ3v) is 3.17. The molecule has 0 bridgehead atoms. The Hall–Kier alpha value is -2.57. The third-order valence-electron chi connectivity index (χ3n) is 3.17. The first kappa shape index (κ1) is 14.8. The maximum atomic E-state index is 12.3. The van der Waals surface area contributed by atoms with Crippen molar-refractivity contribution in [1.82, 2.24) is 19.9 Å². The van der Waals surface area contributed by atoms with Crippen LogP contribution in [0, 0.1) is 0 Å². The van der Waals surface area contributed by atoms with Crippen molar-refractivity contribution in [1.29, 1.82) is 0 Å². The summed E-state index contributed by atoms with van der Waals surface area (Å²) in [6, 6.07) is 2.74. The van der Waals surface area contributed by atoms with Crippen molar-refractivity contribution in [2.75, 3.05) is 7.11 Å². The van der Waals surface area contributed by atoms with Gasteiger partial charge in [-0.3, -0.25) is 4.79 Å². The smallest absolute Gasteiger partial charge is 0.328 e. The summed E-state index contributed by atoms with van der Waals surface area (Å²) in [7, 11) is 1.29. The number of aromatic nitrogens is 3. The number of amides is 1. The zero-order chi connectivity index (χ0) is 15.2. The Balaban J connectivity index is 2.11. The molecule has 0 saturated heterocycles. The maximum Gasteiger partial charge on any atom is 0.328 e. The van der Waals surface area contributed by atoms with Crippen molar-refractivity contribution in [2.45, 2.75) is 25.9 Å². The van der Waals surface area contributed by atoms with Gasteiger partial charge in [0.1, 0.15) is 11.7 Å². The van der Waals surface area contributed by atoms with Crippen molar-refractivity contribution in [2.24, 2.45) is 0 Å². The van der Waals surface area contributed by atoms with E-state index in [2.05, 4.69) is 15.3 Å². The fourth-order valence-corrected chi connectivity index (χ4v) is 2.08. The van der Waals surface area contributed by atoms with Crippen LogP contribution >= 0.6 is 0 Å². The number of carbonyl (C=O) groups excluding carboxylic acids is 2. The average Bonchev–Trinajstić information content (AvgIpc) is 3.16. The van der Waals surface area contributed by atoms with Gasteiger partial charge in [0.05, 0.1) is 13.4 Å². The van der Waals surface area contributed by atoms with E-state index in [9.17, 15) is 9.59 Å². The SMILES string of the molecule is CCn1cccc1C(=O)N[C@@H](Cc1cnc[nH]1)C(=O)OC. The Morgan fingerprint density at radius 1 is 1.52 bits per heavy atom. The highest BCUT2D eigenvalue weighted by Crippen LogP contribution is 2.05. The molecule has 2 heterocycles. The summed E-state index contributed by atoms with van der Waals surface area (Å²) >= 11 is 0. The van der Waals surface area contributed by atoms with Crippen LogP contribution in [0.3, 0.4) is 0 Å². The molecule has 2 aromatic rings. The highest BCUT2D eigenvalue weighted by atomic mass is 16.5. The second-order valence-corrected chi connectivity index (χ2v) is 4.51. The van der Waals surface area contributed by atoms with Crippen LogP contribution in [0.15, 0.2) is 30.9 Å². The maximum absolute atomic E-state index is 12.3. The zero-order valence-corrected chi connectivity index (χ0v) is 12.0. The molecule has 0 spiro atoms. The average molecular weight is 290 g/mol. The van der Waals surface area contributed by atoms with E-state index in [4.69, 9.17) is 4.74 Å².